The second-order valence-electron chi connectivity index (χ2n) is 8.50. The number of ether oxygens (including phenoxy) is 3. The van der Waals surface area contributed by atoms with E-state index in [1.165, 1.54) is 19.4 Å². The van der Waals surface area contributed by atoms with Gasteiger partial charge in [0.25, 0.3) is 0 Å². The van der Waals surface area contributed by atoms with Gasteiger partial charge in [0.2, 0.25) is 0 Å². The van der Waals surface area contributed by atoms with Crippen molar-refractivity contribution in [3.8, 4) is 11.5 Å². The van der Waals surface area contributed by atoms with Crippen molar-refractivity contribution in [2.45, 2.75) is 57.3 Å². The molecule has 0 saturated carbocycles. The second-order valence-corrected chi connectivity index (χ2v) is 9.31. The van der Waals surface area contributed by atoms with Gasteiger partial charge in [0.1, 0.15) is 6.10 Å². The maximum Gasteiger partial charge on any atom is 0.308 e. The predicted molar refractivity (Wildman–Crippen MR) is 126 cm³/mol. The van der Waals surface area contributed by atoms with Crippen molar-refractivity contribution in [3.63, 3.8) is 0 Å². The molecule has 2 aliphatic heterocycles. The summed E-state index contributed by atoms with van der Waals surface area (Å²) in [6, 6.07) is 4.28. The minimum Gasteiger partial charge on any atom is -0.481 e. The maximum absolute atomic E-state index is 11.7. The molecule has 1 fully saturated rings. The lowest BCUT2D eigenvalue weighted by atomic mass is 9.53. The van der Waals surface area contributed by atoms with E-state index in [2.05, 4.69) is 24.1 Å². The fraction of sp³-hybridized carbons (Fsp3) is 0.583. The van der Waals surface area contributed by atoms with Crippen LogP contribution in [0.3, 0.4) is 0 Å². The smallest absolute Gasteiger partial charge is 0.308 e. The van der Waals surface area contributed by atoms with E-state index in [4.69, 9.17) is 42.5 Å². The summed E-state index contributed by atoms with van der Waals surface area (Å²) in [6.45, 7) is 5.70. The van der Waals surface area contributed by atoms with E-state index in [-0.39, 0.29) is 41.3 Å². The van der Waals surface area contributed by atoms with Crippen LogP contribution in [0.15, 0.2) is 24.3 Å². The maximum atomic E-state index is 11.7. The van der Waals surface area contributed by atoms with Crippen molar-refractivity contribution in [1.82, 2.24) is 4.90 Å². The Balaban J connectivity index is 0.000000464. The van der Waals surface area contributed by atoms with E-state index >= 15 is 0 Å². The number of halogens is 2. The monoisotopic (exact) mass is 499 g/mol. The molecule has 4 aliphatic rings. The third-order valence-electron chi connectivity index (χ3n) is 6.67. The quantitative estimate of drug-likeness (QED) is 0.288. The number of likely N-dealkylation sites (N-methyl/N-ethyl adjacent to an activating group) is 1. The van der Waals surface area contributed by atoms with Gasteiger partial charge in [-0.05, 0) is 51.1 Å². The summed E-state index contributed by atoms with van der Waals surface area (Å²) in [5, 5.41) is 7.76. The fourth-order valence-corrected chi connectivity index (χ4v) is 5.74. The van der Waals surface area contributed by atoms with Crippen LogP contribution in [0.4, 0.5) is 0 Å². The Kier molecular flexibility index (Phi) is 8.32. The highest BCUT2D eigenvalue weighted by Gasteiger charge is 2.65. The fourth-order valence-electron chi connectivity index (χ4n) is 5.74. The van der Waals surface area contributed by atoms with Gasteiger partial charge in [-0.15, -0.1) is 23.2 Å². The summed E-state index contributed by atoms with van der Waals surface area (Å²) in [7, 11) is 2.17. The van der Waals surface area contributed by atoms with Crippen LogP contribution >= 0.6 is 23.2 Å². The van der Waals surface area contributed by atoms with Crippen LogP contribution in [0.5, 0.6) is 11.5 Å². The number of aliphatic hydroxyl groups is 1. The van der Waals surface area contributed by atoms with E-state index in [9.17, 15) is 9.59 Å². The first-order valence-electron chi connectivity index (χ1n) is 11.0. The van der Waals surface area contributed by atoms with Gasteiger partial charge in [-0.25, -0.2) is 0 Å². The van der Waals surface area contributed by atoms with Crippen molar-refractivity contribution in [2.75, 3.05) is 25.5 Å². The van der Waals surface area contributed by atoms with E-state index in [0.717, 1.165) is 24.9 Å². The molecule has 182 valence electrons. The molecule has 7 nitrogen and oxygen atoms in total. The van der Waals surface area contributed by atoms with Gasteiger partial charge >= 0.3 is 11.9 Å². The molecule has 0 aromatic heterocycles. The predicted octanol–water partition coefficient (Wildman–Crippen LogP) is 3.41. The van der Waals surface area contributed by atoms with Crippen LogP contribution in [0.25, 0.3) is 0 Å². The zero-order valence-corrected chi connectivity index (χ0v) is 20.9. The topological polar surface area (TPSA) is 85.3 Å². The van der Waals surface area contributed by atoms with Crippen LogP contribution in [0.1, 0.15) is 38.3 Å². The van der Waals surface area contributed by atoms with E-state index in [1.54, 1.807) is 6.92 Å². The highest BCUT2D eigenvalue weighted by molar-refractivity contribution is 6.40. The summed E-state index contributed by atoms with van der Waals surface area (Å²) in [5.74, 6) is 0.712. The zero-order valence-electron chi connectivity index (χ0n) is 19.3. The van der Waals surface area contributed by atoms with Crippen LogP contribution in [0.2, 0.25) is 0 Å². The van der Waals surface area contributed by atoms with E-state index in [0.29, 0.717) is 17.5 Å². The lowest BCUT2D eigenvalue weighted by molar-refractivity contribution is -0.152. The number of piperidine rings is 1. The Morgan fingerprint density at radius 1 is 1.24 bits per heavy atom. The Morgan fingerprint density at radius 2 is 1.91 bits per heavy atom. The van der Waals surface area contributed by atoms with Crippen LogP contribution in [0, 0.1) is 5.92 Å². The molecule has 9 heteroatoms. The number of carbonyl (C=O) groups excluding carboxylic acids is 2. The minimum absolute atomic E-state index is 0.194. The van der Waals surface area contributed by atoms with Crippen molar-refractivity contribution < 1.29 is 28.9 Å². The number of hydrogen-bond acceptors (Lipinski definition) is 7. The van der Waals surface area contributed by atoms with Crippen molar-refractivity contribution in [1.29, 1.82) is 0 Å². The highest BCUT2D eigenvalue weighted by atomic mass is 35.5. The molecule has 2 heterocycles. The number of benzene rings is 1. The molecule has 0 amide bonds. The lowest BCUT2D eigenvalue weighted by Gasteiger charge is -2.56. The molecule has 1 aromatic carbocycles. The SMILES string of the molecule is CC(=O)Oc1ccc2c3c1O[C@H]1[C@@H](OC(C)=O)C=C[C@H]4[C@@H](C2)N(C)CC[C@@]341.CCO.ClCCl. The standard InChI is InChI=1S/C21H23NO5.C2H6O.CH2Cl2/c1-11(23)25-16-6-4-13-10-15-14-5-7-17(26-12(2)24)20-21(14,8-9-22(15)3)18(13)19(16)27-20;1-2-3;2-1-3/h4-7,14-15,17,20H,8-10H2,1-3H3;3H,2H2,1H3;1H2/t14-,15+,17-,20-,21-;;/m0../s1. The first-order chi connectivity index (χ1) is 15.7. The second kappa shape index (κ2) is 10.6. The van der Waals surface area contributed by atoms with Gasteiger partial charge in [-0.2, -0.15) is 0 Å². The average molecular weight is 500 g/mol. The summed E-state index contributed by atoms with van der Waals surface area (Å²) in [4.78, 5) is 25.7. The third kappa shape index (κ3) is 4.61. The summed E-state index contributed by atoms with van der Waals surface area (Å²) >= 11 is 9.53. The molecule has 1 spiro atoms. The van der Waals surface area contributed by atoms with Gasteiger partial charge in [-0.1, -0.05) is 12.1 Å². The Labute approximate surface area is 204 Å². The minimum atomic E-state index is -0.439. The molecule has 2 aliphatic carbocycles. The summed E-state index contributed by atoms with van der Waals surface area (Å²) < 4.78 is 17.5. The molecule has 1 N–H and O–H groups in total. The van der Waals surface area contributed by atoms with Gasteiger partial charge in [0.15, 0.2) is 17.6 Å². The number of carbonyl (C=O) groups is 2. The first-order valence-corrected chi connectivity index (χ1v) is 12.1. The molecule has 5 atom stereocenters. The first kappa shape index (κ1) is 25.8. The van der Waals surface area contributed by atoms with E-state index < -0.39 is 6.10 Å². The lowest BCUT2D eigenvalue weighted by Crippen LogP contribution is -2.65. The molecular formula is C24H31Cl2NO6. The zero-order chi connectivity index (χ0) is 24.3. The summed E-state index contributed by atoms with van der Waals surface area (Å²) in [5.41, 5.74) is 2.15. The number of hydrogen-bond donors (Lipinski definition) is 1. The average Bonchev–Trinajstić information content (AvgIpc) is 3.09. The Hall–Kier alpha value is -1.80. The van der Waals surface area contributed by atoms with Gasteiger partial charge in [0.05, 0.1) is 5.34 Å². The molecule has 33 heavy (non-hydrogen) atoms. The molecule has 5 rings (SSSR count). The number of likely N-dealkylation sites (tertiary alicyclic amines) is 1. The molecule has 2 bridgehead atoms. The van der Waals surface area contributed by atoms with Gasteiger partial charge in [-0.3, -0.25) is 9.59 Å². The van der Waals surface area contributed by atoms with Crippen molar-refractivity contribution in [2.24, 2.45) is 5.92 Å². The molecule has 1 aromatic rings. The number of rotatable bonds is 2. The normalized spacial score (nSPS) is 29.9. The largest absolute Gasteiger partial charge is 0.481 e. The van der Waals surface area contributed by atoms with Crippen LogP contribution in [-0.2, 0) is 26.2 Å². The Morgan fingerprint density at radius 3 is 2.52 bits per heavy atom. The molecule has 0 unspecified atom stereocenters. The molecule has 0 radical (unpaired) electrons. The number of alkyl halides is 2. The van der Waals surface area contributed by atoms with Crippen LogP contribution in [-0.4, -0.2) is 65.7 Å². The Bertz CT molecular complexity index is 920. The van der Waals surface area contributed by atoms with Gasteiger partial charge < -0.3 is 24.2 Å². The molecular weight excluding hydrogens is 469 g/mol. The van der Waals surface area contributed by atoms with E-state index in [1.807, 2.05) is 12.1 Å². The number of nitrogens with zero attached hydrogens (tertiary/aromatic N) is 1. The highest BCUT2D eigenvalue weighted by Crippen LogP contribution is 2.62. The van der Waals surface area contributed by atoms with Crippen molar-refractivity contribution >= 4 is 35.1 Å². The summed E-state index contributed by atoms with van der Waals surface area (Å²) in [6.07, 6.45) is 5.31. The van der Waals surface area contributed by atoms with Crippen molar-refractivity contribution in [3.05, 3.63) is 35.4 Å². The van der Waals surface area contributed by atoms with Gasteiger partial charge in [0, 0.05) is 43.4 Å². The third-order valence-corrected chi connectivity index (χ3v) is 6.67. The van der Waals surface area contributed by atoms with Crippen LogP contribution < -0.4 is 9.47 Å². The molecule has 1 saturated heterocycles. The number of aliphatic hydroxyl groups excluding tert-OH is 1. The number of esters is 2.